The van der Waals surface area contributed by atoms with Gasteiger partial charge in [-0.2, -0.15) is 0 Å². The van der Waals surface area contributed by atoms with Crippen LogP contribution >= 0.6 is 0 Å². The van der Waals surface area contributed by atoms with Gasteiger partial charge in [-0.25, -0.2) is 0 Å². The summed E-state index contributed by atoms with van der Waals surface area (Å²) in [5, 5.41) is 13.7. The SMILES string of the molecule is Cc1ccc(C)c(C(O)CCCN2CCNCC2)c1. The maximum absolute atomic E-state index is 10.3. The standard InChI is InChI=1S/C16H26N2O/c1-13-5-6-14(2)15(12-13)16(19)4-3-9-18-10-7-17-8-11-18/h5-6,12,16-17,19H,3-4,7-11H2,1-2H3. The minimum absolute atomic E-state index is 0.317. The second-order valence-corrected chi connectivity index (χ2v) is 5.61. The number of nitrogens with zero attached hydrogens (tertiary/aromatic N) is 1. The molecule has 2 rings (SSSR count). The summed E-state index contributed by atoms with van der Waals surface area (Å²) in [4.78, 5) is 2.48. The van der Waals surface area contributed by atoms with Gasteiger partial charge in [0, 0.05) is 26.2 Å². The average Bonchev–Trinajstić information content (AvgIpc) is 2.42. The van der Waals surface area contributed by atoms with Gasteiger partial charge >= 0.3 is 0 Å². The summed E-state index contributed by atoms with van der Waals surface area (Å²) >= 11 is 0. The van der Waals surface area contributed by atoms with Gasteiger partial charge in [-0.05, 0) is 44.4 Å². The van der Waals surface area contributed by atoms with Gasteiger partial charge in [-0.1, -0.05) is 23.8 Å². The van der Waals surface area contributed by atoms with Crippen molar-refractivity contribution in [1.82, 2.24) is 10.2 Å². The van der Waals surface area contributed by atoms with Crippen LogP contribution in [0, 0.1) is 13.8 Å². The highest BCUT2D eigenvalue weighted by atomic mass is 16.3. The second kappa shape index (κ2) is 7.04. The molecule has 1 aliphatic rings. The fourth-order valence-corrected chi connectivity index (χ4v) is 2.72. The first-order valence-corrected chi connectivity index (χ1v) is 7.35. The van der Waals surface area contributed by atoms with Crippen molar-refractivity contribution in [2.75, 3.05) is 32.7 Å². The number of aliphatic hydroxyl groups excluding tert-OH is 1. The molecule has 0 bridgehead atoms. The number of hydrogen-bond donors (Lipinski definition) is 2. The Morgan fingerprint density at radius 2 is 2.00 bits per heavy atom. The highest BCUT2D eigenvalue weighted by Crippen LogP contribution is 2.23. The Balaban J connectivity index is 1.80. The molecule has 0 saturated carbocycles. The fraction of sp³-hybridized carbons (Fsp3) is 0.625. The fourth-order valence-electron chi connectivity index (χ4n) is 2.72. The van der Waals surface area contributed by atoms with Crippen LogP contribution in [0.3, 0.4) is 0 Å². The zero-order valence-corrected chi connectivity index (χ0v) is 12.2. The van der Waals surface area contributed by atoms with Crippen LogP contribution in [0.5, 0.6) is 0 Å². The predicted octanol–water partition coefficient (Wildman–Crippen LogP) is 2.02. The second-order valence-electron chi connectivity index (χ2n) is 5.61. The molecule has 1 unspecified atom stereocenters. The Hall–Kier alpha value is -0.900. The third kappa shape index (κ3) is 4.30. The lowest BCUT2D eigenvalue weighted by molar-refractivity contribution is 0.152. The first-order chi connectivity index (χ1) is 9.16. The zero-order chi connectivity index (χ0) is 13.7. The van der Waals surface area contributed by atoms with Crippen molar-refractivity contribution >= 4 is 0 Å². The van der Waals surface area contributed by atoms with Crippen molar-refractivity contribution in [1.29, 1.82) is 0 Å². The van der Waals surface area contributed by atoms with Crippen LogP contribution in [-0.2, 0) is 0 Å². The van der Waals surface area contributed by atoms with Crippen molar-refractivity contribution in [3.63, 3.8) is 0 Å². The van der Waals surface area contributed by atoms with E-state index in [1.165, 1.54) is 11.1 Å². The number of hydrogen-bond acceptors (Lipinski definition) is 3. The van der Waals surface area contributed by atoms with Crippen LogP contribution in [0.15, 0.2) is 18.2 Å². The van der Waals surface area contributed by atoms with E-state index in [9.17, 15) is 5.11 Å². The molecule has 0 spiro atoms. The van der Waals surface area contributed by atoms with Crippen LogP contribution in [0.4, 0.5) is 0 Å². The highest BCUT2D eigenvalue weighted by Gasteiger charge is 2.13. The van der Waals surface area contributed by atoms with E-state index in [0.717, 1.165) is 51.1 Å². The summed E-state index contributed by atoms with van der Waals surface area (Å²) in [7, 11) is 0. The lowest BCUT2D eigenvalue weighted by Crippen LogP contribution is -2.43. The van der Waals surface area contributed by atoms with E-state index in [0.29, 0.717) is 0 Å². The lowest BCUT2D eigenvalue weighted by atomic mass is 9.98. The van der Waals surface area contributed by atoms with E-state index in [2.05, 4.69) is 42.3 Å². The van der Waals surface area contributed by atoms with E-state index >= 15 is 0 Å². The number of benzene rings is 1. The highest BCUT2D eigenvalue weighted by molar-refractivity contribution is 5.32. The van der Waals surface area contributed by atoms with Crippen LogP contribution in [-0.4, -0.2) is 42.7 Å². The molecule has 1 aliphatic heterocycles. The summed E-state index contributed by atoms with van der Waals surface area (Å²) < 4.78 is 0. The van der Waals surface area contributed by atoms with Gasteiger partial charge in [0.2, 0.25) is 0 Å². The quantitative estimate of drug-likeness (QED) is 0.852. The molecule has 0 aliphatic carbocycles. The van der Waals surface area contributed by atoms with Gasteiger partial charge < -0.3 is 15.3 Å². The first kappa shape index (κ1) is 14.5. The molecule has 19 heavy (non-hydrogen) atoms. The van der Waals surface area contributed by atoms with Crippen LogP contribution in [0.1, 0.15) is 35.6 Å². The Labute approximate surface area is 116 Å². The van der Waals surface area contributed by atoms with Gasteiger partial charge in [0.1, 0.15) is 0 Å². The Morgan fingerprint density at radius 1 is 1.26 bits per heavy atom. The maximum Gasteiger partial charge on any atom is 0.0793 e. The Kier molecular flexibility index (Phi) is 5.37. The van der Waals surface area contributed by atoms with E-state index in [1.54, 1.807) is 0 Å². The van der Waals surface area contributed by atoms with Crippen molar-refractivity contribution in [3.05, 3.63) is 34.9 Å². The number of aryl methyl sites for hydroxylation is 2. The van der Waals surface area contributed by atoms with E-state index in [-0.39, 0.29) is 6.10 Å². The molecule has 106 valence electrons. The average molecular weight is 262 g/mol. The molecule has 1 heterocycles. The number of aliphatic hydroxyl groups is 1. The molecule has 1 aromatic rings. The lowest BCUT2D eigenvalue weighted by Gasteiger charge is -2.27. The molecule has 0 aromatic heterocycles. The monoisotopic (exact) mass is 262 g/mol. The van der Waals surface area contributed by atoms with Crippen molar-refractivity contribution in [2.24, 2.45) is 0 Å². The Morgan fingerprint density at radius 3 is 2.74 bits per heavy atom. The maximum atomic E-state index is 10.3. The van der Waals surface area contributed by atoms with Crippen molar-refractivity contribution < 1.29 is 5.11 Å². The molecule has 2 N–H and O–H groups in total. The zero-order valence-electron chi connectivity index (χ0n) is 12.2. The number of nitrogens with one attached hydrogen (secondary N) is 1. The summed E-state index contributed by atoms with van der Waals surface area (Å²) in [6.07, 6.45) is 1.60. The largest absolute Gasteiger partial charge is 0.388 e. The van der Waals surface area contributed by atoms with E-state index in [1.807, 2.05) is 0 Å². The molecule has 3 nitrogen and oxygen atoms in total. The molecule has 1 aromatic carbocycles. The molecule has 0 amide bonds. The third-order valence-electron chi connectivity index (χ3n) is 3.96. The summed E-state index contributed by atoms with van der Waals surface area (Å²) in [5.41, 5.74) is 3.52. The van der Waals surface area contributed by atoms with Crippen LogP contribution in [0.25, 0.3) is 0 Å². The molecular formula is C16H26N2O. The topological polar surface area (TPSA) is 35.5 Å². The molecular weight excluding hydrogens is 236 g/mol. The summed E-state index contributed by atoms with van der Waals surface area (Å²) in [6.45, 7) is 9.73. The van der Waals surface area contributed by atoms with Gasteiger partial charge in [-0.15, -0.1) is 0 Å². The van der Waals surface area contributed by atoms with E-state index in [4.69, 9.17) is 0 Å². The van der Waals surface area contributed by atoms with Crippen molar-refractivity contribution in [3.8, 4) is 0 Å². The van der Waals surface area contributed by atoms with Gasteiger partial charge in [0.25, 0.3) is 0 Å². The van der Waals surface area contributed by atoms with Crippen LogP contribution in [0.2, 0.25) is 0 Å². The number of piperazine rings is 1. The summed E-state index contributed by atoms with van der Waals surface area (Å²) in [6, 6.07) is 6.32. The minimum atomic E-state index is -0.317. The number of rotatable bonds is 5. The van der Waals surface area contributed by atoms with Gasteiger partial charge in [0.15, 0.2) is 0 Å². The first-order valence-electron chi connectivity index (χ1n) is 7.35. The summed E-state index contributed by atoms with van der Waals surface area (Å²) in [5.74, 6) is 0. The van der Waals surface area contributed by atoms with Crippen molar-refractivity contribution in [2.45, 2.75) is 32.8 Å². The normalized spacial score (nSPS) is 18.5. The molecule has 1 saturated heterocycles. The van der Waals surface area contributed by atoms with E-state index < -0.39 is 0 Å². The van der Waals surface area contributed by atoms with Gasteiger partial charge in [-0.3, -0.25) is 0 Å². The molecule has 3 heteroatoms. The predicted molar refractivity (Wildman–Crippen MR) is 79.4 cm³/mol. The third-order valence-corrected chi connectivity index (χ3v) is 3.96. The molecule has 1 atom stereocenters. The minimum Gasteiger partial charge on any atom is -0.388 e. The Bertz CT molecular complexity index is 400. The molecule has 0 radical (unpaired) electrons. The van der Waals surface area contributed by atoms with Crippen LogP contribution < -0.4 is 5.32 Å². The van der Waals surface area contributed by atoms with Gasteiger partial charge in [0.05, 0.1) is 6.10 Å². The smallest absolute Gasteiger partial charge is 0.0793 e. The molecule has 1 fully saturated rings.